The Labute approximate surface area is 124 Å². The summed E-state index contributed by atoms with van der Waals surface area (Å²) in [5.41, 5.74) is 2.92. The molecule has 0 amide bonds. The Bertz CT molecular complexity index is 384. The van der Waals surface area contributed by atoms with Gasteiger partial charge < -0.3 is 15.1 Å². The first-order chi connectivity index (χ1) is 9.79. The van der Waals surface area contributed by atoms with Gasteiger partial charge in [0.05, 0.1) is 0 Å². The van der Waals surface area contributed by atoms with Crippen LogP contribution in [0.15, 0.2) is 24.3 Å². The van der Waals surface area contributed by atoms with Crippen LogP contribution in [0.4, 0.5) is 0 Å². The minimum Gasteiger partial charge on any atom is -0.313 e. The molecule has 20 heavy (non-hydrogen) atoms. The largest absolute Gasteiger partial charge is 0.313 e. The minimum atomic E-state index is 1.01. The lowest BCUT2D eigenvalue weighted by Gasteiger charge is -2.32. The normalized spacial score (nSPS) is 17.5. The molecule has 1 aliphatic rings. The zero-order chi connectivity index (χ0) is 14.2. The quantitative estimate of drug-likeness (QED) is 0.768. The van der Waals surface area contributed by atoms with Crippen LogP contribution < -0.4 is 5.32 Å². The minimum absolute atomic E-state index is 1.01. The van der Waals surface area contributed by atoms with Crippen molar-refractivity contribution in [2.45, 2.75) is 26.3 Å². The van der Waals surface area contributed by atoms with Crippen LogP contribution in [0.5, 0.6) is 0 Å². The molecule has 1 saturated heterocycles. The van der Waals surface area contributed by atoms with E-state index in [2.05, 4.69) is 53.4 Å². The fourth-order valence-electron chi connectivity index (χ4n) is 2.80. The van der Waals surface area contributed by atoms with Crippen molar-refractivity contribution in [2.24, 2.45) is 0 Å². The van der Waals surface area contributed by atoms with Crippen LogP contribution in [-0.4, -0.2) is 56.1 Å². The van der Waals surface area contributed by atoms with Gasteiger partial charge in [-0.2, -0.15) is 0 Å². The highest BCUT2D eigenvalue weighted by Gasteiger charge is 2.12. The number of nitrogens with zero attached hydrogens (tertiary/aromatic N) is 2. The first kappa shape index (κ1) is 15.5. The van der Waals surface area contributed by atoms with Gasteiger partial charge in [-0.15, -0.1) is 0 Å². The van der Waals surface area contributed by atoms with Crippen molar-refractivity contribution >= 4 is 0 Å². The van der Waals surface area contributed by atoms with Gasteiger partial charge in [0.15, 0.2) is 0 Å². The highest BCUT2D eigenvalue weighted by molar-refractivity contribution is 5.26. The molecule has 0 atom stereocenters. The zero-order valence-electron chi connectivity index (χ0n) is 13.1. The predicted octanol–water partition coefficient (Wildman–Crippen LogP) is 1.98. The Hall–Kier alpha value is -0.900. The molecule has 1 fully saturated rings. The second-order valence-electron chi connectivity index (χ2n) is 5.80. The lowest BCUT2D eigenvalue weighted by atomic mass is 10.1. The van der Waals surface area contributed by atoms with Crippen molar-refractivity contribution in [3.05, 3.63) is 35.4 Å². The van der Waals surface area contributed by atoms with E-state index in [0.717, 1.165) is 19.5 Å². The molecule has 0 aromatic heterocycles. The van der Waals surface area contributed by atoms with E-state index in [1.165, 1.54) is 50.3 Å². The molecular formula is C17H29N3. The van der Waals surface area contributed by atoms with Crippen molar-refractivity contribution in [3.8, 4) is 0 Å². The molecular weight excluding hydrogens is 246 g/mol. The van der Waals surface area contributed by atoms with Crippen molar-refractivity contribution in [1.29, 1.82) is 0 Å². The summed E-state index contributed by atoms with van der Waals surface area (Å²) in [5, 5.41) is 3.59. The van der Waals surface area contributed by atoms with Crippen molar-refractivity contribution in [1.82, 2.24) is 15.1 Å². The Kier molecular flexibility index (Phi) is 6.51. The third-order valence-corrected chi connectivity index (χ3v) is 4.24. The van der Waals surface area contributed by atoms with Crippen LogP contribution in [0.2, 0.25) is 0 Å². The van der Waals surface area contributed by atoms with Crippen molar-refractivity contribution < 1.29 is 0 Å². The number of likely N-dealkylation sites (N-methyl/N-ethyl adjacent to an activating group) is 1. The van der Waals surface area contributed by atoms with Crippen LogP contribution in [0.25, 0.3) is 0 Å². The molecule has 0 aliphatic carbocycles. The number of rotatable bonds is 7. The number of piperazine rings is 1. The average molecular weight is 275 g/mol. The molecule has 1 heterocycles. The van der Waals surface area contributed by atoms with E-state index in [1.807, 2.05) is 0 Å². The number of benzene rings is 1. The second-order valence-corrected chi connectivity index (χ2v) is 5.80. The fraction of sp³-hybridized carbons (Fsp3) is 0.647. The van der Waals surface area contributed by atoms with Crippen LogP contribution >= 0.6 is 0 Å². The Morgan fingerprint density at radius 3 is 2.45 bits per heavy atom. The first-order valence-corrected chi connectivity index (χ1v) is 7.98. The summed E-state index contributed by atoms with van der Waals surface area (Å²) < 4.78 is 0. The molecule has 0 radical (unpaired) electrons. The first-order valence-electron chi connectivity index (χ1n) is 7.98. The SMILES string of the molecule is CCc1ccccc1CNCCCN1CCN(C)CC1. The monoisotopic (exact) mass is 275 g/mol. The molecule has 0 saturated carbocycles. The number of nitrogens with one attached hydrogen (secondary N) is 1. The van der Waals surface area contributed by atoms with Crippen molar-refractivity contribution in [3.63, 3.8) is 0 Å². The Morgan fingerprint density at radius 1 is 1.05 bits per heavy atom. The van der Waals surface area contributed by atoms with E-state index in [0.29, 0.717) is 0 Å². The molecule has 1 aromatic rings. The topological polar surface area (TPSA) is 18.5 Å². The summed E-state index contributed by atoms with van der Waals surface area (Å²) in [6.07, 6.45) is 2.37. The molecule has 0 spiro atoms. The lowest BCUT2D eigenvalue weighted by Crippen LogP contribution is -2.45. The maximum absolute atomic E-state index is 3.59. The Morgan fingerprint density at radius 2 is 1.75 bits per heavy atom. The smallest absolute Gasteiger partial charge is 0.0208 e. The van der Waals surface area contributed by atoms with Crippen LogP contribution in [0.1, 0.15) is 24.5 Å². The van der Waals surface area contributed by atoms with Gasteiger partial charge >= 0.3 is 0 Å². The summed E-state index contributed by atoms with van der Waals surface area (Å²) in [6, 6.07) is 8.75. The van der Waals surface area contributed by atoms with Gasteiger partial charge in [-0.1, -0.05) is 31.2 Å². The van der Waals surface area contributed by atoms with Crippen LogP contribution in [0, 0.1) is 0 Å². The fourth-order valence-corrected chi connectivity index (χ4v) is 2.80. The summed E-state index contributed by atoms with van der Waals surface area (Å²) >= 11 is 0. The van der Waals surface area contributed by atoms with Crippen LogP contribution in [-0.2, 0) is 13.0 Å². The predicted molar refractivity (Wildman–Crippen MR) is 86.1 cm³/mol. The maximum Gasteiger partial charge on any atom is 0.0208 e. The lowest BCUT2D eigenvalue weighted by molar-refractivity contribution is 0.153. The van der Waals surface area contributed by atoms with E-state index in [-0.39, 0.29) is 0 Å². The summed E-state index contributed by atoms with van der Waals surface area (Å²) in [4.78, 5) is 5.00. The van der Waals surface area contributed by atoms with E-state index < -0.39 is 0 Å². The van der Waals surface area contributed by atoms with E-state index in [1.54, 1.807) is 0 Å². The molecule has 0 unspecified atom stereocenters. The van der Waals surface area contributed by atoms with Crippen molar-refractivity contribution in [2.75, 3.05) is 46.3 Å². The summed E-state index contributed by atoms with van der Waals surface area (Å²) in [6.45, 7) is 10.5. The summed E-state index contributed by atoms with van der Waals surface area (Å²) in [7, 11) is 2.21. The standard InChI is InChI=1S/C17H29N3/c1-3-16-7-4-5-8-17(16)15-18-9-6-10-20-13-11-19(2)12-14-20/h4-5,7-8,18H,3,6,9-15H2,1-2H3. The van der Waals surface area contributed by atoms with Gasteiger partial charge in [0.2, 0.25) is 0 Å². The van der Waals surface area contributed by atoms with Gasteiger partial charge in [0, 0.05) is 32.7 Å². The van der Waals surface area contributed by atoms with E-state index in [4.69, 9.17) is 0 Å². The van der Waals surface area contributed by atoms with Gasteiger partial charge in [0.25, 0.3) is 0 Å². The van der Waals surface area contributed by atoms with E-state index in [9.17, 15) is 0 Å². The van der Waals surface area contributed by atoms with E-state index >= 15 is 0 Å². The third kappa shape index (κ3) is 4.89. The second kappa shape index (κ2) is 8.40. The van der Waals surface area contributed by atoms with Crippen LogP contribution in [0.3, 0.4) is 0 Å². The molecule has 3 heteroatoms. The van der Waals surface area contributed by atoms with Gasteiger partial charge in [-0.3, -0.25) is 0 Å². The third-order valence-electron chi connectivity index (χ3n) is 4.24. The Balaban J connectivity index is 1.59. The number of hydrogen-bond acceptors (Lipinski definition) is 3. The summed E-state index contributed by atoms with van der Waals surface area (Å²) in [5.74, 6) is 0. The highest BCUT2D eigenvalue weighted by Crippen LogP contribution is 2.08. The molecule has 1 aliphatic heterocycles. The zero-order valence-corrected chi connectivity index (χ0v) is 13.1. The molecule has 1 N–H and O–H groups in total. The number of aryl methyl sites for hydroxylation is 1. The van der Waals surface area contributed by atoms with Gasteiger partial charge in [-0.25, -0.2) is 0 Å². The average Bonchev–Trinajstić information content (AvgIpc) is 2.49. The molecule has 2 rings (SSSR count). The molecule has 112 valence electrons. The van der Waals surface area contributed by atoms with Gasteiger partial charge in [-0.05, 0) is 44.1 Å². The molecule has 0 bridgehead atoms. The molecule has 1 aromatic carbocycles. The number of hydrogen-bond donors (Lipinski definition) is 1. The maximum atomic E-state index is 3.59. The van der Waals surface area contributed by atoms with Gasteiger partial charge in [0.1, 0.15) is 0 Å². The highest BCUT2D eigenvalue weighted by atomic mass is 15.2. The molecule has 3 nitrogen and oxygen atoms in total.